The quantitative estimate of drug-likeness (QED) is 0.830. The summed E-state index contributed by atoms with van der Waals surface area (Å²) in [5.74, 6) is 0.644. The summed E-state index contributed by atoms with van der Waals surface area (Å²) in [5.41, 5.74) is 2.61. The predicted molar refractivity (Wildman–Crippen MR) is 75.4 cm³/mol. The maximum absolute atomic E-state index is 11.6. The minimum absolute atomic E-state index is 0.269. The monoisotopic (exact) mass is 265 g/mol. The lowest BCUT2D eigenvalue weighted by Crippen LogP contribution is -2.46. The van der Waals surface area contributed by atoms with Gasteiger partial charge >= 0.3 is 5.97 Å². The smallest absolute Gasteiger partial charge is 0.325 e. The molecule has 0 radical (unpaired) electrons. The number of hydrogen-bond acceptors (Lipinski definition) is 4. The molecule has 0 amide bonds. The third-order valence-electron chi connectivity index (χ3n) is 3.15. The average molecular weight is 265 g/mol. The van der Waals surface area contributed by atoms with Crippen molar-refractivity contribution >= 4 is 5.97 Å². The Hall–Kier alpha value is -1.55. The first-order valence-corrected chi connectivity index (χ1v) is 6.29. The molecular weight excluding hydrogens is 242 g/mol. The largest absolute Gasteiger partial charge is 0.496 e. The van der Waals surface area contributed by atoms with Crippen molar-refractivity contribution in [1.29, 1.82) is 0 Å². The molecule has 106 valence electrons. The molecule has 0 aliphatic heterocycles. The van der Waals surface area contributed by atoms with Crippen LogP contribution in [-0.4, -0.2) is 25.7 Å². The van der Waals surface area contributed by atoms with Gasteiger partial charge in [-0.2, -0.15) is 0 Å². The van der Waals surface area contributed by atoms with E-state index in [9.17, 15) is 4.79 Å². The highest BCUT2D eigenvalue weighted by Crippen LogP contribution is 2.24. The number of esters is 1. The molecule has 0 spiro atoms. The van der Waals surface area contributed by atoms with Gasteiger partial charge in [0.1, 0.15) is 11.3 Å². The fourth-order valence-electron chi connectivity index (χ4n) is 2.11. The molecule has 1 aromatic carbocycles. The van der Waals surface area contributed by atoms with E-state index < -0.39 is 5.54 Å². The molecule has 4 nitrogen and oxygen atoms in total. The summed E-state index contributed by atoms with van der Waals surface area (Å²) in [6.45, 7) is 8.25. The van der Waals surface area contributed by atoms with Crippen LogP contribution in [0, 0.1) is 13.8 Å². The van der Waals surface area contributed by atoms with Crippen molar-refractivity contribution in [3.8, 4) is 5.75 Å². The van der Waals surface area contributed by atoms with E-state index in [-0.39, 0.29) is 5.97 Å². The summed E-state index contributed by atoms with van der Waals surface area (Å²) in [7, 11) is 3.07. The average Bonchev–Trinajstić information content (AvgIpc) is 2.35. The molecule has 0 bridgehead atoms. The van der Waals surface area contributed by atoms with E-state index in [1.807, 2.05) is 27.7 Å². The Kier molecular flexibility index (Phi) is 4.95. The Morgan fingerprint density at radius 1 is 1.21 bits per heavy atom. The van der Waals surface area contributed by atoms with Gasteiger partial charge in [0, 0.05) is 6.54 Å². The number of aryl methyl sites for hydroxylation is 2. The Balaban J connectivity index is 2.82. The minimum atomic E-state index is -0.698. The van der Waals surface area contributed by atoms with E-state index in [1.165, 1.54) is 7.11 Å². The van der Waals surface area contributed by atoms with Crippen LogP contribution in [-0.2, 0) is 16.1 Å². The normalized spacial score (nSPS) is 11.3. The van der Waals surface area contributed by atoms with E-state index in [0.29, 0.717) is 6.54 Å². The van der Waals surface area contributed by atoms with Crippen molar-refractivity contribution in [2.24, 2.45) is 0 Å². The number of methoxy groups -OCH3 is 2. The van der Waals surface area contributed by atoms with Crippen molar-refractivity contribution in [2.75, 3.05) is 14.2 Å². The first kappa shape index (κ1) is 15.5. The molecule has 0 aromatic heterocycles. The van der Waals surface area contributed by atoms with Gasteiger partial charge in [-0.15, -0.1) is 0 Å². The number of benzene rings is 1. The van der Waals surface area contributed by atoms with Gasteiger partial charge in [-0.1, -0.05) is 12.1 Å². The predicted octanol–water partition coefficient (Wildman–Crippen LogP) is 2.35. The number of carbonyl (C=O) groups excluding carboxylic acids is 1. The summed E-state index contributed by atoms with van der Waals surface area (Å²) >= 11 is 0. The molecule has 0 fully saturated rings. The summed E-state index contributed by atoms with van der Waals surface area (Å²) in [6, 6.07) is 4.12. The van der Waals surface area contributed by atoms with Gasteiger partial charge in [0.05, 0.1) is 14.2 Å². The Morgan fingerprint density at radius 3 is 2.16 bits per heavy atom. The summed E-state index contributed by atoms with van der Waals surface area (Å²) in [4.78, 5) is 11.6. The lowest BCUT2D eigenvalue weighted by Gasteiger charge is -2.23. The van der Waals surface area contributed by atoms with Crippen molar-refractivity contribution < 1.29 is 14.3 Å². The zero-order chi connectivity index (χ0) is 14.6. The van der Waals surface area contributed by atoms with Gasteiger partial charge in [-0.3, -0.25) is 10.1 Å². The van der Waals surface area contributed by atoms with Crippen LogP contribution < -0.4 is 10.1 Å². The van der Waals surface area contributed by atoms with Crippen LogP contribution in [0.5, 0.6) is 5.75 Å². The van der Waals surface area contributed by atoms with Crippen LogP contribution >= 0.6 is 0 Å². The van der Waals surface area contributed by atoms with Gasteiger partial charge in [0.2, 0.25) is 0 Å². The third kappa shape index (κ3) is 3.70. The van der Waals surface area contributed by atoms with E-state index >= 15 is 0 Å². The first-order valence-electron chi connectivity index (χ1n) is 6.29. The molecule has 0 aliphatic carbocycles. The molecule has 0 aliphatic rings. The summed E-state index contributed by atoms with van der Waals surface area (Å²) < 4.78 is 10.1. The lowest BCUT2D eigenvalue weighted by molar-refractivity contribution is -0.147. The zero-order valence-corrected chi connectivity index (χ0v) is 12.6. The van der Waals surface area contributed by atoms with E-state index in [1.54, 1.807) is 7.11 Å². The van der Waals surface area contributed by atoms with Crippen LogP contribution in [0.4, 0.5) is 0 Å². The van der Waals surface area contributed by atoms with Crippen molar-refractivity contribution in [2.45, 2.75) is 39.8 Å². The van der Waals surface area contributed by atoms with Crippen molar-refractivity contribution in [3.63, 3.8) is 0 Å². The molecule has 19 heavy (non-hydrogen) atoms. The Morgan fingerprint density at radius 2 is 1.74 bits per heavy atom. The topological polar surface area (TPSA) is 47.6 Å². The second-order valence-electron chi connectivity index (χ2n) is 5.23. The summed E-state index contributed by atoms with van der Waals surface area (Å²) in [6.07, 6.45) is 0. The highest BCUT2D eigenvalue weighted by atomic mass is 16.5. The fraction of sp³-hybridized carbons (Fsp3) is 0.533. The molecule has 0 heterocycles. The van der Waals surface area contributed by atoms with Crippen LogP contribution in [0.25, 0.3) is 0 Å². The van der Waals surface area contributed by atoms with E-state index in [2.05, 4.69) is 17.4 Å². The number of carbonyl (C=O) groups is 1. The molecular formula is C15H23NO3. The fourth-order valence-corrected chi connectivity index (χ4v) is 2.11. The Labute approximate surface area is 115 Å². The van der Waals surface area contributed by atoms with Crippen LogP contribution in [0.1, 0.15) is 30.5 Å². The van der Waals surface area contributed by atoms with Crippen LogP contribution in [0.3, 0.4) is 0 Å². The van der Waals surface area contributed by atoms with E-state index in [4.69, 9.17) is 9.47 Å². The molecule has 0 saturated carbocycles. The van der Waals surface area contributed by atoms with Crippen LogP contribution in [0.15, 0.2) is 12.1 Å². The summed E-state index contributed by atoms with van der Waals surface area (Å²) in [5, 5.41) is 3.20. The lowest BCUT2D eigenvalue weighted by atomic mass is 10.0. The molecule has 4 heteroatoms. The molecule has 0 unspecified atom stereocenters. The maximum atomic E-state index is 11.6. The van der Waals surface area contributed by atoms with Gasteiger partial charge in [0.15, 0.2) is 0 Å². The van der Waals surface area contributed by atoms with E-state index in [0.717, 1.165) is 22.4 Å². The minimum Gasteiger partial charge on any atom is -0.496 e. The highest BCUT2D eigenvalue weighted by Gasteiger charge is 2.27. The molecule has 0 atom stereocenters. The standard InChI is InChI=1S/C15H23NO3/c1-10-7-12(8-11(2)13(10)18-5)9-16-15(3,4)14(17)19-6/h7-8,16H,9H2,1-6H3. The van der Waals surface area contributed by atoms with Gasteiger partial charge < -0.3 is 9.47 Å². The number of rotatable bonds is 5. The van der Waals surface area contributed by atoms with Gasteiger partial charge in [-0.05, 0) is 44.4 Å². The third-order valence-corrected chi connectivity index (χ3v) is 3.15. The number of nitrogens with one attached hydrogen (secondary N) is 1. The first-order chi connectivity index (χ1) is 8.81. The molecule has 1 N–H and O–H groups in total. The van der Waals surface area contributed by atoms with Gasteiger partial charge in [-0.25, -0.2) is 0 Å². The Bertz CT molecular complexity index is 443. The maximum Gasteiger partial charge on any atom is 0.325 e. The van der Waals surface area contributed by atoms with Crippen LogP contribution in [0.2, 0.25) is 0 Å². The number of hydrogen-bond donors (Lipinski definition) is 1. The van der Waals surface area contributed by atoms with Crippen molar-refractivity contribution in [1.82, 2.24) is 5.32 Å². The van der Waals surface area contributed by atoms with Gasteiger partial charge in [0.25, 0.3) is 0 Å². The molecule has 1 rings (SSSR count). The van der Waals surface area contributed by atoms with Crippen molar-refractivity contribution in [3.05, 3.63) is 28.8 Å². The molecule has 1 aromatic rings. The second-order valence-corrected chi connectivity index (χ2v) is 5.23. The molecule has 0 saturated heterocycles. The SMILES string of the molecule is COC(=O)C(C)(C)NCc1cc(C)c(OC)c(C)c1. The second kappa shape index (κ2) is 6.06. The highest BCUT2D eigenvalue weighted by molar-refractivity contribution is 5.79. The zero-order valence-electron chi connectivity index (χ0n) is 12.6. The number of ether oxygens (including phenoxy) is 2.